The Labute approximate surface area is 178 Å². The van der Waals surface area contributed by atoms with Crippen LogP contribution >= 0.6 is 22.9 Å². The molecule has 2 N–H and O–H groups in total. The van der Waals surface area contributed by atoms with Crippen molar-refractivity contribution in [3.8, 4) is 10.4 Å². The second kappa shape index (κ2) is 8.73. The summed E-state index contributed by atoms with van der Waals surface area (Å²) in [5, 5.41) is 12.1. The number of aliphatic carboxylic acids is 1. The van der Waals surface area contributed by atoms with Crippen molar-refractivity contribution in [2.75, 3.05) is 0 Å². The lowest BCUT2D eigenvalue weighted by Gasteiger charge is -2.09. The molecule has 0 fully saturated rings. The Hall–Kier alpha value is -3.10. The van der Waals surface area contributed by atoms with Crippen molar-refractivity contribution in [1.82, 2.24) is 5.32 Å². The summed E-state index contributed by atoms with van der Waals surface area (Å²) in [6, 6.07) is 14.3. The zero-order chi connectivity index (χ0) is 21.9. The Kier molecular flexibility index (Phi) is 6.28. The van der Waals surface area contributed by atoms with Gasteiger partial charge in [0.05, 0.1) is 5.56 Å². The predicted molar refractivity (Wildman–Crippen MR) is 109 cm³/mol. The molecule has 0 bridgehead atoms. The fraction of sp³-hybridized carbons (Fsp3) is 0.0476. The van der Waals surface area contributed by atoms with E-state index in [9.17, 15) is 27.9 Å². The standard InChI is InChI=1S/C21H13ClF3NO3S/c22-16-7-2-1-6-15(16)18-9-8-14(30-18)11-17(20(28)29)26-19(27)12-4-3-5-13(10-12)21(23,24)25/h1-11H,(H,26,27)(H,28,29). The number of rotatable bonds is 5. The van der Waals surface area contributed by atoms with Crippen LogP contribution in [0.3, 0.4) is 0 Å². The van der Waals surface area contributed by atoms with Crippen LogP contribution in [-0.2, 0) is 11.0 Å². The summed E-state index contributed by atoms with van der Waals surface area (Å²) in [6.07, 6.45) is -3.38. The Morgan fingerprint density at radius 2 is 1.77 bits per heavy atom. The third-order valence-corrected chi connectivity index (χ3v) is 5.38. The van der Waals surface area contributed by atoms with E-state index in [1.165, 1.54) is 23.5 Å². The highest BCUT2D eigenvalue weighted by Gasteiger charge is 2.31. The molecule has 154 valence electrons. The second-order valence-electron chi connectivity index (χ2n) is 6.08. The molecule has 4 nitrogen and oxygen atoms in total. The monoisotopic (exact) mass is 451 g/mol. The highest BCUT2D eigenvalue weighted by molar-refractivity contribution is 7.16. The van der Waals surface area contributed by atoms with Gasteiger partial charge in [-0.3, -0.25) is 4.79 Å². The van der Waals surface area contributed by atoms with Gasteiger partial charge >= 0.3 is 12.1 Å². The molecule has 1 amide bonds. The third kappa shape index (κ3) is 5.08. The quantitative estimate of drug-likeness (QED) is 0.471. The van der Waals surface area contributed by atoms with Gasteiger partial charge in [-0.15, -0.1) is 11.3 Å². The Morgan fingerprint density at radius 1 is 1.03 bits per heavy atom. The number of thiophene rings is 1. The molecule has 0 aliphatic heterocycles. The van der Waals surface area contributed by atoms with Gasteiger partial charge in [0.1, 0.15) is 5.70 Å². The molecule has 0 saturated heterocycles. The molecule has 0 unspecified atom stereocenters. The first-order valence-electron chi connectivity index (χ1n) is 8.43. The third-order valence-electron chi connectivity index (χ3n) is 3.98. The van der Waals surface area contributed by atoms with Gasteiger partial charge in [0, 0.05) is 25.9 Å². The van der Waals surface area contributed by atoms with Gasteiger partial charge in [-0.1, -0.05) is 35.9 Å². The van der Waals surface area contributed by atoms with Crippen molar-refractivity contribution in [2.45, 2.75) is 6.18 Å². The van der Waals surface area contributed by atoms with Gasteiger partial charge in [-0.25, -0.2) is 4.79 Å². The van der Waals surface area contributed by atoms with Crippen LogP contribution in [0.5, 0.6) is 0 Å². The van der Waals surface area contributed by atoms with Gasteiger partial charge in [0.15, 0.2) is 0 Å². The highest BCUT2D eigenvalue weighted by Crippen LogP contribution is 2.34. The van der Waals surface area contributed by atoms with Crippen LogP contribution in [0.1, 0.15) is 20.8 Å². The van der Waals surface area contributed by atoms with Crippen LogP contribution in [-0.4, -0.2) is 17.0 Å². The maximum absolute atomic E-state index is 12.8. The van der Waals surface area contributed by atoms with Crippen molar-refractivity contribution in [2.24, 2.45) is 0 Å². The molecule has 1 aromatic heterocycles. The minimum Gasteiger partial charge on any atom is -0.477 e. The van der Waals surface area contributed by atoms with Crippen molar-refractivity contribution in [3.05, 3.63) is 87.4 Å². The number of hydrogen-bond acceptors (Lipinski definition) is 3. The van der Waals surface area contributed by atoms with Gasteiger partial charge in [0.2, 0.25) is 0 Å². The van der Waals surface area contributed by atoms with Crippen LogP contribution < -0.4 is 5.32 Å². The fourth-order valence-electron chi connectivity index (χ4n) is 2.56. The highest BCUT2D eigenvalue weighted by atomic mass is 35.5. The minimum atomic E-state index is -4.62. The lowest BCUT2D eigenvalue weighted by molar-refractivity contribution is -0.137. The first kappa shape index (κ1) is 21.6. The summed E-state index contributed by atoms with van der Waals surface area (Å²) in [5.41, 5.74) is -1.00. The number of carboxylic acids is 1. The molecule has 9 heteroatoms. The maximum Gasteiger partial charge on any atom is 0.416 e. The second-order valence-corrected chi connectivity index (χ2v) is 7.60. The molecule has 0 atom stereocenters. The summed E-state index contributed by atoms with van der Waals surface area (Å²) >= 11 is 7.42. The molecule has 3 aromatic rings. The van der Waals surface area contributed by atoms with E-state index in [0.29, 0.717) is 16.0 Å². The normalized spacial score (nSPS) is 11.9. The number of nitrogens with one attached hydrogen (secondary N) is 1. The number of benzene rings is 2. The summed E-state index contributed by atoms with van der Waals surface area (Å²) in [4.78, 5) is 25.2. The predicted octanol–water partition coefficient (Wildman–Crippen LogP) is 5.94. The average Bonchev–Trinajstić information content (AvgIpc) is 3.15. The van der Waals surface area contributed by atoms with E-state index in [1.807, 2.05) is 12.1 Å². The molecular weight excluding hydrogens is 439 g/mol. The molecule has 2 aromatic carbocycles. The summed E-state index contributed by atoms with van der Waals surface area (Å²) in [6.45, 7) is 0. The molecule has 30 heavy (non-hydrogen) atoms. The zero-order valence-corrected chi connectivity index (χ0v) is 16.6. The summed E-state index contributed by atoms with van der Waals surface area (Å²) < 4.78 is 38.5. The first-order chi connectivity index (χ1) is 14.1. The van der Waals surface area contributed by atoms with Gasteiger partial charge in [0.25, 0.3) is 5.91 Å². The van der Waals surface area contributed by atoms with Crippen molar-refractivity contribution in [3.63, 3.8) is 0 Å². The van der Waals surface area contributed by atoms with E-state index >= 15 is 0 Å². The first-order valence-corrected chi connectivity index (χ1v) is 9.63. The fourth-order valence-corrected chi connectivity index (χ4v) is 3.85. The lowest BCUT2D eigenvalue weighted by Crippen LogP contribution is -2.27. The van der Waals surface area contributed by atoms with Gasteiger partial charge in [-0.2, -0.15) is 13.2 Å². The van der Waals surface area contributed by atoms with Crippen LogP contribution in [0.4, 0.5) is 13.2 Å². The van der Waals surface area contributed by atoms with Crippen LogP contribution in [0.2, 0.25) is 5.02 Å². The SMILES string of the molecule is O=C(O)C(=Cc1ccc(-c2ccccc2Cl)s1)NC(=O)c1cccc(C(F)(F)F)c1. The molecular formula is C21H13ClF3NO3S. The lowest BCUT2D eigenvalue weighted by atomic mass is 10.1. The number of halogens is 4. The smallest absolute Gasteiger partial charge is 0.416 e. The Bertz CT molecular complexity index is 1140. The van der Waals surface area contributed by atoms with E-state index in [1.54, 1.807) is 24.3 Å². The minimum absolute atomic E-state index is 0.306. The Balaban J connectivity index is 1.85. The number of carbonyl (C=O) groups excluding carboxylic acids is 1. The van der Waals surface area contributed by atoms with Crippen LogP contribution in [0, 0.1) is 0 Å². The average molecular weight is 452 g/mol. The molecule has 0 spiro atoms. The number of hydrogen-bond donors (Lipinski definition) is 2. The van der Waals surface area contributed by atoms with Crippen molar-refractivity contribution in [1.29, 1.82) is 0 Å². The van der Waals surface area contributed by atoms with E-state index < -0.39 is 29.3 Å². The van der Waals surface area contributed by atoms with Gasteiger partial charge < -0.3 is 10.4 Å². The molecule has 3 rings (SSSR count). The van der Waals surface area contributed by atoms with E-state index in [0.717, 1.165) is 22.6 Å². The molecule has 0 saturated carbocycles. The van der Waals surface area contributed by atoms with Crippen LogP contribution in [0.25, 0.3) is 16.5 Å². The van der Waals surface area contributed by atoms with E-state index in [4.69, 9.17) is 11.6 Å². The molecule has 0 aliphatic carbocycles. The summed E-state index contributed by atoms with van der Waals surface area (Å²) in [5.74, 6) is -2.39. The van der Waals surface area contributed by atoms with Crippen molar-refractivity contribution >= 4 is 40.9 Å². The number of carbonyl (C=O) groups is 2. The number of alkyl halides is 3. The number of amides is 1. The van der Waals surface area contributed by atoms with Gasteiger partial charge in [-0.05, 0) is 42.5 Å². The molecule has 1 heterocycles. The van der Waals surface area contributed by atoms with Crippen LogP contribution in [0.15, 0.2) is 66.4 Å². The summed E-state index contributed by atoms with van der Waals surface area (Å²) in [7, 11) is 0. The zero-order valence-electron chi connectivity index (χ0n) is 15.0. The topological polar surface area (TPSA) is 66.4 Å². The Morgan fingerprint density at radius 3 is 2.43 bits per heavy atom. The van der Waals surface area contributed by atoms with E-state index in [2.05, 4.69) is 5.32 Å². The maximum atomic E-state index is 12.8. The largest absolute Gasteiger partial charge is 0.477 e. The van der Waals surface area contributed by atoms with Crippen molar-refractivity contribution < 1.29 is 27.9 Å². The van der Waals surface area contributed by atoms with E-state index in [-0.39, 0.29) is 5.56 Å². The molecule has 0 radical (unpaired) electrons. The number of carboxylic acid groups (broad SMARTS) is 1. The molecule has 0 aliphatic rings.